The Hall–Kier alpha value is -1.55. The number of aromatic nitrogens is 1. The molecule has 1 N–H and O–H groups in total. The van der Waals surface area contributed by atoms with Gasteiger partial charge in [0.1, 0.15) is 0 Å². The predicted molar refractivity (Wildman–Crippen MR) is 73.3 cm³/mol. The third kappa shape index (κ3) is 3.20. The van der Waals surface area contributed by atoms with E-state index in [0.29, 0.717) is 13.1 Å². The minimum atomic E-state index is 0.0291. The first-order chi connectivity index (χ1) is 8.27. The Morgan fingerprint density at radius 3 is 2.65 bits per heavy atom. The number of nitrogens with one attached hydrogen (secondary N) is 1. The summed E-state index contributed by atoms with van der Waals surface area (Å²) >= 11 is 3.47. The van der Waals surface area contributed by atoms with Crippen LogP contribution in [0.4, 0.5) is 5.69 Å². The first kappa shape index (κ1) is 11.9. The fourth-order valence-corrected chi connectivity index (χ4v) is 1.99. The zero-order valence-corrected chi connectivity index (χ0v) is 10.9. The Morgan fingerprint density at radius 2 is 1.88 bits per heavy atom. The van der Waals surface area contributed by atoms with E-state index in [1.165, 1.54) is 0 Å². The summed E-state index contributed by atoms with van der Waals surface area (Å²) in [6, 6.07) is 13.1. The van der Waals surface area contributed by atoms with Crippen LogP contribution in [0.15, 0.2) is 57.9 Å². The second-order valence-corrected chi connectivity index (χ2v) is 4.49. The van der Waals surface area contributed by atoms with Crippen molar-refractivity contribution >= 4 is 21.6 Å². The lowest BCUT2D eigenvalue weighted by Crippen LogP contribution is -2.22. The fraction of sp³-hybridized carbons (Fsp3) is 0.154. The van der Waals surface area contributed by atoms with Crippen molar-refractivity contribution < 1.29 is 0 Å². The molecule has 0 atom stereocenters. The lowest BCUT2D eigenvalue weighted by atomic mass is 10.3. The van der Waals surface area contributed by atoms with E-state index in [9.17, 15) is 4.79 Å². The molecule has 2 rings (SSSR count). The van der Waals surface area contributed by atoms with E-state index in [0.717, 1.165) is 10.2 Å². The van der Waals surface area contributed by atoms with Crippen molar-refractivity contribution in [2.45, 2.75) is 6.54 Å². The van der Waals surface area contributed by atoms with Gasteiger partial charge in [-0.25, -0.2) is 0 Å². The summed E-state index contributed by atoms with van der Waals surface area (Å²) in [5, 5.41) is 3.28. The Labute approximate surface area is 108 Å². The molecule has 0 aliphatic heterocycles. The van der Waals surface area contributed by atoms with Gasteiger partial charge in [0.2, 0.25) is 0 Å². The van der Waals surface area contributed by atoms with Gasteiger partial charge in [-0.05, 0) is 34.1 Å². The van der Waals surface area contributed by atoms with Crippen LogP contribution in [-0.4, -0.2) is 11.1 Å². The third-order valence-corrected chi connectivity index (χ3v) is 3.13. The lowest BCUT2D eigenvalue weighted by molar-refractivity contribution is 0.697. The molecule has 2 aromatic rings. The van der Waals surface area contributed by atoms with E-state index in [1.807, 2.05) is 30.3 Å². The van der Waals surface area contributed by atoms with Crippen LogP contribution in [-0.2, 0) is 6.54 Å². The van der Waals surface area contributed by atoms with Crippen LogP contribution >= 0.6 is 15.9 Å². The third-order valence-electron chi connectivity index (χ3n) is 2.44. The molecule has 1 heterocycles. The van der Waals surface area contributed by atoms with Crippen LogP contribution in [0.5, 0.6) is 0 Å². The quantitative estimate of drug-likeness (QED) is 0.940. The molecule has 0 unspecified atom stereocenters. The molecule has 88 valence electrons. The van der Waals surface area contributed by atoms with E-state index in [2.05, 4.69) is 21.2 Å². The summed E-state index contributed by atoms with van der Waals surface area (Å²) in [5.41, 5.74) is 1.07. The van der Waals surface area contributed by atoms with Gasteiger partial charge in [-0.15, -0.1) is 0 Å². The fourth-order valence-electron chi connectivity index (χ4n) is 1.56. The Kier molecular flexibility index (Phi) is 3.98. The molecule has 1 aromatic carbocycles. The number of pyridine rings is 1. The first-order valence-electron chi connectivity index (χ1n) is 5.41. The molecule has 0 fully saturated rings. The summed E-state index contributed by atoms with van der Waals surface area (Å²) in [7, 11) is 0. The van der Waals surface area contributed by atoms with Crippen molar-refractivity contribution in [3.05, 3.63) is 63.5 Å². The van der Waals surface area contributed by atoms with Gasteiger partial charge in [-0.3, -0.25) is 4.79 Å². The van der Waals surface area contributed by atoms with Crippen molar-refractivity contribution in [3.8, 4) is 0 Å². The van der Waals surface area contributed by atoms with Crippen LogP contribution in [0.25, 0.3) is 0 Å². The van der Waals surface area contributed by atoms with Crippen LogP contribution < -0.4 is 10.9 Å². The van der Waals surface area contributed by atoms with Gasteiger partial charge < -0.3 is 9.88 Å². The number of rotatable bonds is 4. The van der Waals surface area contributed by atoms with E-state index < -0.39 is 0 Å². The molecule has 0 radical (unpaired) electrons. The standard InChI is InChI=1S/C13H13BrN2O/c14-11-5-1-2-6-12(11)15-8-10-16-9-4-3-7-13(16)17/h1-7,9,15H,8,10H2. The van der Waals surface area contributed by atoms with Gasteiger partial charge in [0.15, 0.2) is 0 Å². The number of para-hydroxylation sites is 1. The highest BCUT2D eigenvalue weighted by Crippen LogP contribution is 2.20. The smallest absolute Gasteiger partial charge is 0.250 e. The van der Waals surface area contributed by atoms with Crippen LogP contribution in [0.1, 0.15) is 0 Å². The molecule has 17 heavy (non-hydrogen) atoms. The highest BCUT2D eigenvalue weighted by atomic mass is 79.9. The highest BCUT2D eigenvalue weighted by molar-refractivity contribution is 9.10. The average Bonchev–Trinajstić information content (AvgIpc) is 2.34. The maximum atomic E-state index is 11.5. The monoisotopic (exact) mass is 292 g/mol. The van der Waals surface area contributed by atoms with Gasteiger partial charge in [-0.2, -0.15) is 0 Å². The predicted octanol–water partition coefficient (Wildman–Crippen LogP) is 2.72. The maximum Gasteiger partial charge on any atom is 0.250 e. The molecule has 0 aliphatic rings. The molecule has 4 heteroatoms. The largest absolute Gasteiger partial charge is 0.382 e. The van der Waals surface area contributed by atoms with Gasteiger partial charge in [0.25, 0.3) is 5.56 Å². The second-order valence-electron chi connectivity index (χ2n) is 3.64. The zero-order chi connectivity index (χ0) is 12.1. The molecule has 0 amide bonds. The molecule has 0 spiro atoms. The van der Waals surface area contributed by atoms with E-state index in [-0.39, 0.29) is 5.56 Å². The number of hydrogen-bond donors (Lipinski definition) is 1. The van der Waals surface area contributed by atoms with Crippen molar-refractivity contribution in [2.24, 2.45) is 0 Å². The Bertz CT molecular complexity index is 551. The lowest BCUT2D eigenvalue weighted by Gasteiger charge is -2.09. The molecule has 0 bridgehead atoms. The minimum Gasteiger partial charge on any atom is -0.382 e. The number of anilines is 1. The molecule has 3 nitrogen and oxygen atoms in total. The van der Waals surface area contributed by atoms with Gasteiger partial charge >= 0.3 is 0 Å². The maximum absolute atomic E-state index is 11.5. The molecular weight excluding hydrogens is 280 g/mol. The second kappa shape index (κ2) is 5.68. The summed E-state index contributed by atoms with van der Waals surface area (Å²) in [5.74, 6) is 0. The molecular formula is C13H13BrN2O. The van der Waals surface area contributed by atoms with Crippen molar-refractivity contribution in [1.82, 2.24) is 4.57 Å². The summed E-state index contributed by atoms with van der Waals surface area (Å²) < 4.78 is 2.71. The van der Waals surface area contributed by atoms with Gasteiger partial charge in [0, 0.05) is 35.5 Å². The van der Waals surface area contributed by atoms with Crippen LogP contribution in [0.3, 0.4) is 0 Å². The molecule has 0 saturated carbocycles. The summed E-state index contributed by atoms with van der Waals surface area (Å²) in [6.07, 6.45) is 1.80. The van der Waals surface area contributed by atoms with Gasteiger partial charge in [-0.1, -0.05) is 18.2 Å². The van der Waals surface area contributed by atoms with E-state index in [1.54, 1.807) is 22.9 Å². The summed E-state index contributed by atoms with van der Waals surface area (Å²) in [4.78, 5) is 11.5. The van der Waals surface area contributed by atoms with Crippen molar-refractivity contribution in [3.63, 3.8) is 0 Å². The van der Waals surface area contributed by atoms with Crippen molar-refractivity contribution in [2.75, 3.05) is 11.9 Å². The molecule has 0 saturated heterocycles. The minimum absolute atomic E-state index is 0.0291. The average molecular weight is 293 g/mol. The van der Waals surface area contributed by atoms with Crippen molar-refractivity contribution in [1.29, 1.82) is 0 Å². The first-order valence-corrected chi connectivity index (χ1v) is 6.20. The summed E-state index contributed by atoms with van der Waals surface area (Å²) in [6.45, 7) is 1.37. The van der Waals surface area contributed by atoms with E-state index in [4.69, 9.17) is 0 Å². The topological polar surface area (TPSA) is 34.0 Å². The number of nitrogens with zero attached hydrogens (tertiary/aromatic N) is 1. The molecule has 0 aliphatic carbocycles. The highest BCUT2D eigenvalue weighted by Gasteiger charge is 1.97. The zero-order valence-electron chi connectivity index (χ0n) is 9.27. The molecule has 1 aromatic heterocycles. The normalized spacial score (nSPS) is 10.2. The van der Waals surface area contributed by atoms with Crippen LogP contribution in [0.2, 0.25) is 0 Å². The Morgan fingerprint density at radius 1 is 1.12 bits per heavy atom. The number of hydrogen-bond acceptors (Lipinski definition) is 2. The Balaban J connectivity index is 1.95. The van der Waals surface area contributed by atoms with Crippen LogP contribution in [0, 0.1) is 0 Å². The number of halogens is 1. The number of benzene rings is 1. The van der Waals surface area contributed by atoms with Gasteiger partial charge in [0.05, 0.1) is 0 Å². The van der Waals surface area contributed by atoms with E-state index >= 15 is 0 Å². The SMILES string of the molecule is O=c1ccccn1CCNc1ccccc1Br.